The molecule has 0 heterocycles. The van der Waals surface area contributed by atoms with E-state index in [0.717, 1.165) is 5.56 Å². The quantitative estimate of drug-likeness (QED) is 0.657. The number of nitrogens with one attached hydrogen (secondary N) is 1. The molecule has 23 heavy (non-hydrogen) atoms. The first kappa shape index (κ1) is 16.6. The van der Waals surface area contributed by atoms with Gasteiger partial charge in [0.2, 0.25) is 0 Å². The van der Waals surface area contributed by atoms with Crippen molar-refractivity contribution in [2.45, 2.75) is 6.04 Å². The monoisotopic (exact) mass is 313 g/mol. The van der Waals surface area contributed by atoms with E-state index in [9.17, 15) is 14.9 Å². The Balaban J connectivity index is 2.03. The van der Waals surface area contributed by atoms with E-state index in [4.69, 9.17) is 0 Å². The van der Waals surface area contributed by atoms with E-state index < -0.39 is 4.92 Å². The Bertz CT molecular complexity index is 669. The number of non-ortho nitro benzene ring substituents is 1. The van der Waals surface area contributed by atoms with Crippen LogP contribution in [0.1, 0.15) is 22.0 Å². The van der Waals surface area contributed by atoms with Gasteiger partial charge in [-0.2, -0.15) is 0 Å². The van der Waals surface area contributed by atoms with Crippen molar-refractivity contribution in [2.24, 2.45) is 0 Å². The van der Waals surface area contributed by atoms with Gasteiger partial charge in [-0.05, 0) is 31.8 Å². The molecule has 0 aliphatic carbocycles. The van der Waals surface area contributed by atoms with Crippen LogP contribution >= 0.6 is 0 Å². The van der Waals surface area contributed by atoms with E-state index in [-0.39, 0.29) is 17.6 Å². The highest BCUT2D eigenvalue weighted by Crippen LogP contribution is 2.17. The maximum atomic E-state index is 12.2. The molecule has 0 aliphatic heterocycles. The topological polar surface area (TPSA) is 75.5 Å². The first-order valence-corrected chi connectivity index (χ1v) is 7.23. The Morgan fingerprint density at radius 3 is 2.26 bits per heavy atom. The minimum atomic E-state index is -0.487. The third kappa shape index (κ3) is 4.37. The molecule has 1 N–H and O–H groups in total. The van der Waals surface area contributed by atoms with Crippen LogP contribution in [-0.4, -0.2) is 36.4 Å². The van der Waals surface area contributed by atoms with Gasteiger partial charge in [0.15, 0.2) is 0 Å². The summed E-state index contributed by atoms with van der Waals surface area (Å²) in [6.07, 6.45) is 0. The summed E-state index contributed by atoms with van der Waals surface area (Å²) in [4.78, 5) is 24.4. The van der Waals surface area contributed by atoms with Gasteiger partial charge in [0.25, 0.3) is 11.6 Å². The van der Waals surface area contributed by atoms with Gasteiger partial charge >= 0.3 is 0 Å². The molecule has 1 amide bonds. The summed E-state index contributed by atoms with van der Waals surface area (Å²) < 4.78 is 0. The van der Waals surface area contributed by atoms with Crippen molar-refractivity contribution in [1.82, 2.24) is 10.2 Å². The Hall–Kier alpha value is -2.73. The first-order chi connectivity index (χ1) is 11.0. The smallest absolute Gasteiger partial charge is 0.269 e. The third-order valence-electron chi connectivity index (χ3n) is 3.60. The molecule has 0 aromatic heterocycles. The van der Waals surface area contributed by atoms with Crippen LogP contribution in [0.2, 0.25) is 0 Å². The number of amides is 1. The van der Waals surface area contributed by atoms with Gasteiger partial charge in [-0.25, -0.2) is 0 Å². The Labute approximate surface area is 134 Å². The molecule has 0 aliphatic rings. The molecule has 0 spiro atoms. The summed E-state index contributed by atoms with van der Waals surface area (Å²) in [7, 11) is 3.91. The third-order valence-corrected chi connectivity index (χ3v) is 3.60. The van der Waals surface area contributed by atoms with E-state index in [1.54, 1.807) is 0 Å². The molecular weight excluding hydrogens is 294 g/mol. The number of benzene rings is 2. The highest BCUT2D eigenvalue weighted by molar-refractivity contribution is 5.94. The average molecular weight is 313 g/mol. The van der Waals surface area contributed by atoms with Gasteiger partial charge in [-0.3, -0.25) is 14.9 Å². The summed E-state index contributed by atoms with van der Waals surface area (Å²) in [5, 5.41) is 13.5. The molecule has 0 radical (unpaired) electrons. The Morgan fingerprint density at radius 2 is 1.74 bits per heavy atom. The van der Waals surface area contributed by atoms with Crippen molar-refractivity contribution in [3.63, 3.8) is 0 Å². The second kappa shape index (κ2) is 7.51. The van der Waals surface area contributed by atoms with Crippen LogP contribution in [0, 0.1) is 10.1 Å². The number of rotatable bonds is 6. The van der Waals surface area contributed by atoms with E-state index in [1.165, 1.54) is 24.3 Å². The fourth-order valence-electron chi connectivity index (χ4n) is 2.30. The summed E-state index contributed by atoms with van der Waals surface area (Å²) in [5.41, 5.74) is 1.49. The second-order valence-corrected chi connectivity index (χ2v) is 5.40. The number of nitrogens with zero attached hydrogens (tertiary/aromatic N) is 2. The predicted molar refractivity (Wildman–Crippen MR) is 88.3 cm³/mol. The van der Waals surface area contributed by atoms with E-state index in [2.05, 4.69) is 5.32 Å². The van der Waals surface area contributed by atoms with Crippen molar-refractivity contribution in [2.75, 3.05) is 20.6 Å². The van der Waals surface area contributed by atoms with Gasteiger partial charge in [0, 0.05) is 24.2 Å². The highest BCUT2D eigenvalue weighted by atomic mass is 16.6. The Morgan fingerprint density at radius 1 is 1.13 bits per heavy atom. The molecule has 1 unspecified atom stereocenters. The van der Waals surface area contributed by atoms with E-state index in [1.807, 2.05) is 49.3 Å². The summed E-state index contributed by atoms with van der Waals surface area (Å²) in [6, 6.07) is 15.5. The van der Waals surface area contributed by atoms with Crippen molar-refractivity contribution in [1.29, 1.82) is 0 Å². The molecule has 2 aromatic rings. The van der Waals surface area contributed by atoms with Crippen LogP contribution < -0.4 is 5.32 Å². The highest BCUT2D eigenvalue weighted by Gasteiger charge is 2.16. The van der Waals surface area contributed by atoms with Crippen LogP contribution in [0.4, 0.5) is 5.69 Å². The zero-order valence-corrected chi connectivity index (χ0v) is 13.1. The van der Waals surface area contributed by atoms with Crippen molar-refractivity contribution in [3.05, 3.63) is 75.8 Å². The zero-order chi connectivity index (χ0) is 16.8. The summed E-state index contributed by atoms with van der Waals surface area (Å²) in [6.45, 7) is 0.451. The lowest BCUT2D eigenvalue weighted by atomic mass is 10.1. The molecule has 0 fully saturated rings. The van der Waals surface area contributed by atoms with Gasteiger partial charge in [0.1, 0.15) is 0 Å². The normalized spacial score (nSPS) is 12.0. The van der Waals surface area contributed by atoms with Crippen LogP contribution in [-0.2, 0) is 0 Å². The molecule has 0 saturated heterocycles. The summed E-state index contributed by atoms with van der Waals surface area (Å²) in [5.74, 6) is -0.248. The van der Waals surface area contributed by atoms with Crippen LogP contribution in [0.5, 0.6) is 0 Å². The lowest BCUT2D eigenvalue weighted by Crippen LogP contribution is -2.34. The lowest BCUT2D eigenvalue weighted by Gasteiger charge is -2.25. The van der Waals surface area contributed by atoms with Crippen LogP contribution in [0.3, 0.4) is 0 Å². The van der Waals surface area contributed by atoms with Crippen molar-refractivity contribution >= 4 is 11.6 Å². The number of nitro benzene ring substituents is 1. The standard InChI is InChI=1S/C17H19N3O3/c1-19(2)16(13-6-4-3-5-7-13)12-18-17(21)14-8-10-15(11-9-14)20(22)23/h3-11,16H,12H2,1-2H3,(H,18,21). The van der Waals surface area contributed by atoms with E-state index in [0.29, 0.717) is 12.1 Å². The molecular formula is C17H19N3O3. The fraction of sp³-hybridized carbons (Fsp3) is 0.235. The molecule has 6 heteroatoms. The van der Waals surface area contributed by atoms with Gasteiger partial charge in [-0.15, -0.1) is 0 Å². The minimum Gasteiger partial charge on any atom is -0.350 e. The minimum absolute atomic E-state index is 0.0306. The predicted octanol–water partition coefficient (Wildman–Crippen LogP) is 2.63. The SMILES string of the molecule is CN(C)C(CNC(=O)c1ccc([N+](=O)[O-])cc1)c1ccccc1. The number of nitro groups is 1. The maximum absolute atomic E-state index is 12.2. The fourth-order valence-corrected chi connectivity index (χ4v) is 2.30. The molecule has 6 nitrogen and oxygen atoms in total. The first-order valence-electron chi connectivity index (χ1n) is 7.23. The van der Waals surface area contributed by atoms with Gasteiger partial charge in [-0.1, -0.05) is 30.3 Å². The number of carbonyl (C=O) groups is 1. The van der Waals surface area contributed by atoms with E-state index >= 15 is 0 Å². The molecule has 0 bridgehead atoms. The molecule has 0 saturated carbocycles. The molecule has 2 aromatic carbocycles. The van der Waals surface area contributed by atoms with Gasteiger partial charge < -0.3 is 10.2 Å². The Kier molecular flexibility index (Phi) is 5.43. The molecule has 2 rings (SSSR count). The number of hydrogen-bond acceptors (Lipinski definition) is 4. The number of carbonyl (C=O) groups excluding carboxylic acids is 1. The summed E-state index contributed by atoms with van der Waals surface area (Å²) >= 11 is 0. The average Bonchev–Trinajstić information content (AvgIpc) is 2.55. The number of likely N-dealkylation sites (N-methyl/N-ethyl adjacent to an activating group) is 1. The van der Waals surface area contributed by atoms with Crippen LogP contribution in [0.25, 0.3) is 0 Å². The van der Waals surface area contributed by atoms with Crippen LogP contribution in [0.15, 0.2) is 54.6 Å². The maximum Gasteiger partial charge on any atom is 0.269 e. The van der Waals surface area contributed by atoms with Crippen molar-refractivity contribution < 1.29 is 9.72 Å². The zero-order valence-electron chi connectivity index (χ0n) is 13.1. The molecule has 1 atom stereocenters. The second-order valence-electron chi connectivity index (χ2n) is 5.40. The van der Waals surface area contributed by atoms with Gasteiger partial charge in [0.05, 0.1) is 11.0 Å². The molecule has 120 valence electrons. The lowest BCUT2D eigenvalue weighted by molar-refractivity contribution is -0.384. The van der Waals surface area contributed by atoms with Crippen molar-refractivity contribution in [3.8, 4) is 0 Å². The largest absolute Gasteiger partial charge is 0.350 e. The number of hydrogen-bond donors (Lipinski definition) is 1.